The maximum Gasteiger partial charge on any atom is 0.262 e. The van der Waals surface area contributed by atoms with Crippen molar-refractivity contribution in [1.82, 2.24) is 4.98 Å². The van der Waals surface area contributed by atoms with Gasteiger partial charge in [-0.25, -0.2) is 8.42 Å². The van der Waals surface area contributed by atoms with Crippen LogP contribution in [0.5, 0.6) is 0 Å². The Morgan fingerprint density at radius 1 is 0.792 bits per heavy atom. The van der Waals surface area contributed by atoms with E-state index in [2.05, 4.69) is 9.71 Å². The van der Waals surface area contributed by atoms with Crippen LogP contribution in [0.25, 0.3) is 21.7 Å². The molecule has 1 aromatic heterocycles. The first-order chi connectivity index (χ1) is 11.6. The maximum atomic E-state index is 12.8. The number of rotatable bonds is 3. The second-order valence-electron chi connectivity index (χ2n) is 5.50. The zero-order chi connectivity index (χ0) is 16.6. The van der Waals surface area contributed by atoms with Crippen LogP contribution in [-0.2, 0) is 10.0 Å². The van der Waals surface area contributed by atoms with E-state index < -0.39 is 10.0 Å². The Morgan fingerprint density at radius 2 is 1.50 bits per heavy atom. The molecule has 118 valence electrons. The summed E-state index contributed by atoms with van der Waals surface area (Å²) in [6, 6.07) is 22.0. The van der Waals surface area contributed by atoms with Crippen LogP contribution in [0.3, 0.4) is 0 Å². The summed E-state index contributed by atoms with van der Waals surface area (Å²) in [6.45, 7) is 0. The summed E-state index contributed by atoms with van der Waals surface area (Å²) in [5, 5.41) is 2.47. The van der Waals surface area contributed by atoms with Gasteiger partial charge in [-0.3, -0.25) is 9.71 Å². The fourth-order valence-electron chi connectivity index (χ4n) is 2.77. The molecule has 0 aliphatic carbocycles. The summed E-state index contributed by atoms with van der Waals surface area (Å²) in [7, 11) is -3.70. The fourth-order valence-corrected chi connectivity index (χ4v) is 4.03. The average molecular weight is 334 g/mol. The van der Waals surface area contributed by atoms with Gasteiger partial charge in [0, 0.05) is 10.8 Å². The second kappa shape index (κ2) is 5.62. The Hall–Kier alpha value is -2.92. The van der Waals surface area contributed by atoms with Crippen molar-refractivity contribution in [3.05, 3.63) is 79.0 Å². The summed E-state index contributed by atoms with van der Waals surface area (Å²) in [5.74, 6) is 0. The van der Waals surface area contributed by atoms with Gasteiger partial charge in [0.05, 0.1) is 22.3 Å². The van der Waals surface area contributed by atoms with Crippen molar-refractivity contribution >= 4 is 37.4 Å². The second-order valence-corrected chi connectivity index (χ2v) is 7.15. The first kappa shape index (κ1) is 14.7. The van der Waals surface area contributed by atoms with Crippen molar-refractivity contribution in [3.63, 3.8) is 0 Å². The number of fused-ring (bicyclic) bond motifs is 2. The van der Waals surface area contributed by atoms with Crippen LogP contribution in [0.15, 0.2) is 83.9 Å². The highest BCUT2D eigenvalue weighted by Gasteiger charge is 2.17. The lowest BCUT2D eigenvalue weighted by atomic mass is 10.1. The minimum Gasteiger partial charge on any atom is -0.278 e. The summed E-state index contributed by atoms with van der Waals surface area (Å²) < 4.78 is 28.3. The van der Waals surface area contributed by atoms with Crippen molar-refractivity contribution in [2.45, 2.75) is 4.90 Å². The molecule has 0 bridgehead atoms. The molecule has 0 radical (unpaired) electrons. The van der Waals surface area contributed by atoms with Gasteiger partial charge in [0.2, 0.25) is 0 Å². The lowest BCUT2D eigenvalue weighted by molar-refractivity contribution is 0.602. The van der Waals surface area contributed by atoms with Crippen LogP contribution in [0.1, 0.15) is 0 Å². The molecule has 1 N–H and O–H groups in total. The Kier molecular flexibility index (Phi) is 3.43. The summed E-state index contributed by atoms with van der Waals surface area (Å²) in [5.41, 5.74) is 1.27. The quantitative estimate of drug-likeness (QED) is 0.611. The highest BCUT2D eigenvalue weighted by Crippen LogP contribution is 2.25. The van der Waals surface area contributed by atoms with Gasteiger partial charge >= 0.3 is 0 Å². The van der Waals surface area contributed by atoms with E-state index in [1.54, 1.807) is 18.2 Å². The summed E-state index contributed by atoms with van der Waals surface area (Å²) >= 11 is 0. The molecule has 24 heavy (non-hydrogen) atoms. The number of nitrogens with one attached hydrogen (secondary N) is 1. The summed E-state index contributed by atoms with van der Waals surface area (Å²) in [6.07, 6.45) is 1.53. The minimum absolute atomic E-state index is 0.258. The van der Waals surface area contributed by atoms with Gasteiger partial charge in [0.25, 0.3) is 10.0 Å². The predicted octanol–water partition coefficient (Wildman–Crippen LogP) is 4.19. The van der Waals surface area contributed by atoms with Crippen molar-refractivity contribution in [2.75, 3.05) is 4.72 Å². The average Bonchev–Trinajstić information content (AvgIpc) is 2.61. The van der Waals surface area contributed by atoms with Gasteiger partial charge in [0.15, 0.2) is 0 Å². The van der Waals surface area contributed by atoms with Crippen molar-refractivity contribution < 1.29 is 8.42 Å². The molecule has 5 heteroatoms. The van der Waals surface area contributed by atoms with Crippen LogP contribution in [-0.4, -0.2) is 13.4 Å². The number of aromatic nitrogens is 1. The zero-order valence-corrected chi connectivity index (χ0v) is 13.5. The smallest absolute Gasteiger partial charge is 0.262 e. The van der Waals surface area contributed by atoms with E-state index >= 15 is 0 Å². The van der Waals surface area contributed by atoms with Crippen LogP contribution < -0.4 is 4.72 Å². The molecule has 4 rings (SSSR count). The lowest BCUT2D eigenvalue weighted by Crippen LogP contribution is -2.13. The summed E-state index contributed by atoms with van der Waals surface area (Å²) in [4.78, 5) is 4.55. The molecule has 3 aromatic carbocycles. The van der Waals surface area contributed by atoms with Gasteiger partial charge in [-0.2, -0.15) is 0 Å². The molecular weight excluding hydrogens is 320 g/mol. The molecule has 0 saturated carbocycles. The van der Waals surface area contributed by atoms with E-state index in [0.29, 0.717) is 11.1 Å². The number of anilines is 1. The highest BCUT2D eigenvalue weighted by molar-refractivity contribution is 7.93. The van der Waals surface area contributed by atoms with E-state index in [0.717, 1.165) is 16.3 Å². The Labute approximate surface area is 139 Å². The van der Waals surface area contributed by atoms with Crippen molar-refractivity contribution in [1.29, 1.82) is 0 Å². The molecule has 0 aliphatic rings. The van der Waals surface area contributed by atoms with Crippen LogP contribution >= 0.6 is 0 Å². The van der Waals surface area contributed by atoms with E-state index in [1.807, 2.05) is 54.6 Å². The predicted molar refractivity (Wildman–Crippen MR) is 96.5 cm³/mol. The van der Waals surface area contributed by atoms with Crippen molar-refractivity contribution in [3.8, 4) is 0 Å². The number of hydrogen-bond acceptors (Lipinski definition) is 3. The Balaban J connectivity index is 1.79. The molecule has 4 nitrogen and oxygen atoms in total. The molecule has 0 spiro atoms. The number of hydrogen-bond donors (Lipinski definition) is 1. The number of benzene rings is 3. The molecule has 0 amide bonds. The topological polar surface area (TPSA) is 59.1 Å². The monoisotopic (exact) mass is 334 g/mol. The third-order valence-electron chi connectivity index (χ3n) is 3.88. The van der Waals surface area contributed by atoms with Gasteiger partial charge in [-0.1, -0.05) is 54.6 Å². The highest BCUT2D eigenvalue weighted by atomic mass is 32.2. The standard InChI is InChI=1S/C19H14N2O2S/c22-24(23,19-11-5-8-14-6-1-3-9-17(14)19)21-16-12-15-7-2-4-10-18(15)20-13-16/h1-13,21H. The molecule has 0 aliphatic heterocycles. The van der Waals surface area contributed by atoms with Gasteiger partial charge in [0.1, 0.15) is 0 Å². The number of sulfonamides is 1. The molecule has 0 fully saturated rings. The molecule has 0 atom stereocenters. The normalized spacial score (nSPS) is 11.7. The SMILES string of the molecule is O=S(=O)(Nc1cnc2ccccc2c1)c1cccc2ccccc12. The third-order valence-corrected chi connectivity index (χ3v) is 5.32. The minimum atomic E-state index is -3.70. The van der Waals surface area contributed by atoms with E-state index in [1.165, 1.54) is 6.20 Å². The van der Waals surface area contributed by atoms with Crippen LogP contribution in [0.4, 0.5) is 5.69 Å². The van der Waals surface area contributed by atoms with E-state index in [4.69, 9.17) is 0 Å². The fraction of sp³-hybridized carbons (Fsp3) is 0. The Morgan fingerprint density at radius 3 is 2.38 bits per heavy atom. The van der Waals surface area contributed by atoms with E-state index in [-0.39, 0.29) is 4.90 Å². The number of para-hydroxylation sites is 1. The molecule has 1 heterocycles. The molecular formula is C19H14N2O2S. The van der Waals surface area contributed by atoms with Gasteiger partial charge in [-0.15, -0.1) is 0 Å². The van der Waals surface area contributed by atoms with Gasteiger partial charge < -0.3 is 0 Å². The van der Waals surface area contributed by atoms with Crippen molar-refractivity contribution in [2.24, 2.45) is 0 Å². The zero-order valence-electron chi connectivity index (χ0n) is 12.7. The molecule has 0 unspecified atom stereocenters. The van der Waals surface area contributed by atoms with Crippen LogP contribution in [0.2, 0.25) is 0 Å². The first-order valence-electron chi connectivity index (χ1n) is 7.49. The number of nitrogens with zero attached hydrogens (tertiary/aromatic N) is 1. The maximum absolute atomic E-state index is 12.8. The third kappa shape index (κ3) is 2.59. The number of pyridine rings is 1. The first-order valence-corrected chi connectivity index (χ1v) is 8.97. The molecule has 4 aromatic rings. The van der Waals surface area contributed by atoms with Crippen LogP contribution in [0, 0.1) is 0 Å². The largest absolute Gasteiger partial charge is 0.278 e. The Bertz CT molecular complexity index is 1150. The molecule has 0 saturated heterocycles. The van der Waals surface area contributed by atoms with Gasteiger partial charge in [-0.05, 0) is 23.6 Å². The van der Waals surface area contributed by atoms with E-state index in [9.17, 15) is 8.42 Å². The lowest BCUT2D eigenvalue weighted by Gasteiger charge is -2.11.